The zero-order valence-corrected chi connectivity index (χ0v) is 14.4. The van der Waals surface area contributed by atoms with E-state index in [1.165, 1.54) is 0 Å². The summed E-state index contributed by atoms with van der Waals surface area (Å²) < 4.78 is 4.90. The number of rotatable bonds is 1. The molecule has 0 radical (unpaired) electrons. The van der Waals surface area contributed by atoms with E-state index in [0.717, 1.165) is 29.0 Å². The van der Waals surface area contributed by atoms with Crippen LogP contribution in [-0.4, -0.2) is 9.38 Å². The average Bonchev–Trinajstić information content (AvgIpc) is 2.82. The molecule has 0 aliphatic heterocycles. The molecule has 0 aliphatic carbocycles. The van der Waals surface area contributed by atoms with Crippen molar-refractivity contribution in [2.75, 3.05) is 5.73 Å². The molecule has 0 fully saturated rings. The van der Waals surface area contributed by atoms with Crippen LogP contribution in [0.2, 0.25) is 0 Å². The molecule has 0 spiro atoms. The number of halogens is 3. The maximum absolute atomic E-state index is 6.15. The SMILES string of the molecule is Nc1c(-c2cc(Br)c(Br)s2)nc2ccc(Br)cn12. The van der Waals surface area contributed by atoms with Crippen LogP contribution in [0.1, 0.15) is 0 Å². The lowest BCUT2D eigenvalue weighted by molar-refractivity contribution is 1.18. The van der Waals surface area contributed by atoms with Gasteiger partial charge in [-0.15, -0.1) is 11.3 Å². The maximum atomic E-state index is 6.15. The van der Waals surface area contributed by atoms with Crippen LogP contribution in [0.5, 0.6) is 0 Å². The molecular formula is C11H6Br3N3S. The molecule has 3 aromatic rings. The molecule has 7 heteroatoms. The third-order valence-electron chi connectivity index (χ3n) is 2.50. The molecule has 18 heavy (non-hydrogen) atoms. The topological polar surface area (TPSA) is 43.3 Å². The van der Waals surface area contributed by atoms with Gasteiger partial charge in [-0.2, -0.15) is 0 Å². The van der Waals surface area contributed by atoms with Crippen molar-refractivity contribution >= 4 is 70.6 Å². The van der Waals surface area contributed by atoms with Gasteiger partial charge in [0, 0.05) is 15.1 Å². The number of hydrogen-bond acceptors (Lipinski definition) is 3. The van der Waals surface area contributed by atoms with E-state index in [0.29, 0.717) is 5.82 Å². The van der Waals surface area contributed by atoms with Gasteiger partial charge >= 0.3 is 0 Å². The summed E-state index contributed by atoms with van der Waals surface area (Å²) in [7, 11) is 0. The van der Waals surface area contributed by atoms with Crippen molar-refractivity contribution in [3.63, 3.8) is 0 Å². The number of nitrogens with zero attached hydrogens (tertiary/aromatic N) is 2. The second-order valence-electron chi connectivity index (χ2n) is 3.65. The second-order valence-corrected chi connectivity index (χ2v) is 7.79. The summed E-state index contributed by atoms with van der Waals surface area (Å²) in [4.78, 5) is 5.60. The van der Waals surface area contributed by atoms with Crippen LogP contribution < -0.4 is 5.73 Å². The molecule has 0 saturated carbocycles. The molecule has 3 aromatic heterocycles. The van der Waals surface area contributed by atoms with Gasteiger partial charge in [0.05, 0.1) is 8.66 Å². The van der Waals surface area contributed by atoms with Gasteiger partial charge in [-0.25, -0.2) is 4.98 Å². The highest BCUT2D eigenvalue weighted by Crippen LogP contribution is 2.40. The molecule has 2 N–H and O–H groups in total. The Morgan fingerprint density at radius 3 is 2.67 bits per heavy atom. The smallest absolute Gasteiger partial charge is 0.139 e. The number of anilines is 1. The summed E-state index contributed by atoms with van der Waals surface area (Å²) in [6.07, 6.45) is 1.92. The molecule has 0 aromatic carbocycles. The fraction of sp³-hybridized carbons (Fsp3) is 0. The average molecular weight is 452 g/mol. The van der Waals surface area contributed by atoms with E-state index in [2.05, 4.69) is 52.8 Å². The van der Waals surface area contributed by atoms with Crippen LogP contribution in [-0.2, 0) is 0 Å². The van der Waals surface area contributed by atoms with Gasteiger partial charge in [-0.1, -0.05) is 0 Å². The highest BCUT2D eigenvalue weighted by atomic mass is 79.9. The molecular weight excluding hydrogens is 446 g/mol. The Hall–Kier alpha value is -0.370. The van der Waals surface area contributed by atoms with E-state index in [4.69, 9.17) is 5.73 Å². The van der Waals surface area contributed by atoms with Crippen LogP contribution in [0.4, 0.5) is 5.82 Å². The molecule has 0 amide bonds. The minimum absolute atomic E-state index is 0.646. The minimum Gasteiger partial charge on any atom is -0.383 e. The Bertz CT molecular complexity index is 728. The highest BCUT2D eigenvalue weighted by molar-refractivity contribution is 9.13. The third kappa shape index (κ3) is 2.03. The standard InChI is InChI=1S/C11H6Br3N3S/c12-5-1-2-8-16-9(11(15)17(8)4-5)7-3-6(13)10(14)18-7/h1-4H,15H2. The first-order valence-corrected chi connectivity index (χ1v) is 8.14. The van der Waals surface area contributed by atoms with E-state index >= 15 is 0 Å². The molecule has 0 bridgehead atoms. The molecule has 3 heterocycles. The van der Waals surface area contributed by atoms with E-state index in [-0.39, 0.29) is 0 Å². The molecule has 0 unspecified atom stereocenters. The van der Waals surface area contributed by atoms with E-state index in [9.17, 15) is 0 Å². The molecule has 0 aliphatic rings. The van der Waals surface area contributed by atoms with E-state index < -0.39 is 0 Å². The largest absolute Gasteiger partial charge is 0.383 e. The molecule has 3 nitrogen and oxygen atoms in total. The number of nitrogens with two attached hydrogens (primary N) is 1. The Morgan fingerprint density at radius 2 is 2.00 bits per heavy atom. The van der Waals surface area contributed by atoms with Crippen molar-refractivity contribution in [2.24, 2.45) is 0 Å². The van der Waals surface area contributed by atoms with Gasteiger partial charge in [-0.05, 0) is 66.0 Å². The maximum Gasteiger partial charge on any atom is 0.139 e. The summed E-state index contributed by atoms with van der Waals surface area (Å²) in [5.74, 6) is 0.646. The lowest BCUT2D eigenvalue weighted by Crippen LogP contribution is -1.93. The fourth-order valence-electron chi connectivity index (χ4n) is 1.68. The lowest BCUT2D eigenvalue weighted by atomic mass is 10.3. The normalized spacial score (nSPS) is 11.3. The molecule has 0 saturated heterocycles. The molecule has 92 valence electrons. The van der Waals surface area contributed by atoms with Gasteiger partial charge in [0.15, 0.2) is 0 Å². The zero-order chi connectivity index (χ0) is 12.9. The first-order valence-electron chi connectivity index (χ1n) is 4.94. The quantitative estimate of drug-likeness (QED) is 0.570. The van der Waals surface area contributed by atoms with E-state index in [1.54, 1.807) is 11.3 Å². The first-order chi connectivity index (χ1) is 8.56. The van der Waals surface area contributed by atoms with Crippen molar-refractivity contribution in [1.82, 2.24) is 9.38 Å². The fourth-order valence-corrected chi connectivity index (χ4v) is 4.05. The van der Waals surface area contributed by atoms with Crippen LogP contribution in [0.3, 0.4) is 0 Å². The monoisotopic (exact) mass is 449 g/mol. The third-order valence-corrected chi connectivity index (χ3v) is 6.23. The number of imidazole rings is 1. The number of fused-ring (bicyclic) bond motifs is 1. The predicted octanol–water partition coefficient (Wildman–Crippen LogP) is 4.93. The Labute approximate surface area is 132 Å². The van der Waals surface area contributed by atoms with Crippen molar-refractivity contribution in [3.8, 4) is 10.6 Å². The highest BCUT2D eigenvalue weighted by Gasteiger charge is 2.15. The summed E-state index contributed by atoms with van der Waals surface area (Å²) >= 11 is 12.0. The number of pyridine rings is 1. The number of nitrogen functional groups attached to an aromatic ring is 1. The minimum atomic E-state index is 0.646. The van der Waals surface area contributed by atoms with Crippen LogP contribution in [0.25, 0.3) is 16.2 Å². The van der Waals surface area contributed by atoms with Gasteiger partial charge in [0.1, 0.15) is 17.2 Å². The summed E-state index contributed by atoms with van der Waals surface area (Å²) in [6, 6.07) is 5.90. The Morgan fingerprint density at radius 1 is 1.22 bits per heavy atom. The predicted molar refractivity (Wildman–Crippen MR) is 86.0 cm³/mol. The zero-order valence-electron chi connectivity index (χ0n) is 8.82. The lowest BCUT2D eigenvalue weighted by Gasteiger charge is -1.97. The Balaban J connectivity index is 2.26. The van der Waals surface area contributed by atoms with Crippen molar-refractivity contribution in [3.05, 3.63) is 37.1 Å². The summed E-state index contributed by atoms with van der Waals surface area (Å²) in [5, 5.41) is 0. The number of aromatic nitrogens is 2. The van der Waals surface area contributed by atoms with Gasteiger partial charge in [0.25, 0.3) is 0 Å². The van der Waals surface area contributed by atoms with Gasteiger partial charge in [-0.3, -0.25) is 4.40 Å². The summed E-state index contributed by atoms with van der Waals surface area (Å²) in [6.45, 7) is 0. The molecule has 0 atom stereocenters. The van der Waals surface area contributed by atoms with Crippen molar-refractivity contribution in [2.45, 2.75) is 0 Å². The van der Waals surface area contributed by atoms with Gasteiger partial charge < -0.3 is 5.73 Å². The molecule has 3 rings (SSSR count). The number of thiophene rings is 1. The van der Waals surface area contributed by atoms with Crippen LogP contribution in [0.15, 0.2) is 37.1 Å². The van der Waals surface area contributed by atoms with Crippen molar-refractivity contribution in [1.29, 1.82) is 0 Å². The van der Waals surface area contributed by atoms with Crippen LogP contribution in [0, 0.1) is 0 Å². The Kier molecular flexibility index (Phi) is 3.25. The van der Waals surface area contributed by atoms with Crippen molar-refractivity contribution < 1.29 is 0 Å². The first kappa shape index (κ1) is 12.7. The summed E-state index contributed by atoms with van der Waals surface area (Å²) in [5.41, 5.74) is 7.80. The number of hydrogen-bond donors (Lipinski definition) is 1. The van der Waals surface area contributed by atoms with E-state index in [1.807, 2.05) is 28.8 Å². The van der Waals surface area contributed by atoms with Crippen LogP contribution >= 0.6 is 59.1 Å². The van der Waals surface area contributed by atoms with Gasteiger partial charge in [0.2, 0.25) is 0 Å². The second kappa shape index (κ2) is 4.63.